The van der Waals surface area contributed by atoms with Crippen LogP contribution in [0.15, 0.2) is 93.2 Å². The Morgan fingerprint density at radius 1 is 1.18 bits per heavy atom. The molecule has 2 aliphatic rings. The van der Waals surface area contributed by atoms with E-state index in [0.717, 1.165) is 40.8 Å². The summed E-state index contributed by atoms with van der Waals surface area (Å²) >= 11 is 4.91. The van der Waals surface area contributed by atoms with Gasteiger partial charge >= 0.3 is 0 Å². The van der Waals surface area contributed by atoms with E-state index >= 15 is 0 Å². The lowest BCUT2D eigenvalue weighted by Crippen LogP contribution is -2.38. The van der Waals surface area contributed by atoms with Crippen LogP contribution in [0.1, 0.15) is 34.7 Å². The van der Waals surface area contributed by atoms with Crippen LogP contribution in [0.25, 0.3) is 11.8 Å². The van der Waals surface area contributed by atoms with Crippen molar-refractivity contribution >= 4 is 39.0 Å². The van der Waals surface area contributed by atoms with Crippen molar-refractivity contribution in [2.24, 2.45) is 4.99 Å². The standard InChI is InChI=1S/C31H24BrFN2O3S/c1-3-14-38-29-24(32)15-18(16-25(29)37-2)17-26-30(36)35-28(20-8-11-21(33)12-9-20)23-13-10-19-6-4-5-7-22(19)27(23)34-31(35)39-26/h3-9,11-12,15-17,28H,1,10,13-14H2,2H3/b26-17+/t28-/m1/s1. The monoisotopic (exact) mass is 602 g/mol. The molecule has 6 rings (SSSR count). The van der Waals surface area contributed by atoms with Crippen LogP contribution in [-0.4, -0.2) is 18.3 Å². The number of hydrogen-bond acceptors (Lipinski definition) is 5. The minimum atomic E-state index is -0.358. The van der Waals surface area contributed by atoms with Crippen molar-refractivity contribution in [1.29, 1.82) is 0 Å². The van der Waals surface area contributed by atoms with E-state index in [-0.39, 0.29) is 17.4 Å². The summed E-state index contributed by atoms with van der Waals surface area (Å²) in [6.45, 7) is 4.03. The van der Waals surface area contributed by atoms with Crippen LogP contribution in [-0.2, 0) is 6.42 Å². The molecule has 0 N–H and O–H groups in total. The van der Waals surface area contributed by atoms with Crippen molar-refractivity contribution in [2.45, 2.75) is 18.9 Å². The van der Waals surface area contributed by atoms with Crippen molar-refractivity contribution in [3.8, 4) is 11.5 Å². The zero-order chi connectivity index (χ0) is 27.1. The number of ether oxygens (including phenoxy) is 2. The van der Waals surface area contributed by atoms with Crippen LogP contribution >= 0.6 is 27.3 Å². The summed E-state index contributed by atoms with van der Waals surface area (Å²) in [4.78, 5) is 19.6. The molecule has 196 valence electrons. The van der Waals surface area contributed by atoms with Crippen molar-refractivity contribution in [1.82, 2.24) is 4.57 Å². The molecule has 8 heteroatoms. The molecule has 0 unspecified atom stereocenters. The van der Waals surface area contributed by atoms with Crippen LogP contribution in [0.2, 0.25) is 0 Å². The highest BCUT2D eigenvalue weighted by Crippen LogP contribution is 2.41. The average molecular weight is 604 g/mol. The van der Waals surface area contributed by atoms with Gasteiger partial charge in [-0.1, -0.05) is 60.4 Å². The fourth-order valence-corrected chi connectivity index (χ4v) is 6.80. The van der Waals surface area contributed by atoms with Crippen molar-refractivity contribution in [3.05, 3.63) is 131 Å². The summed E-state index contributed by atoms with van der Waals surface area (Å²) in [5.41, 5.74) is 5.82. The number of hydrogen-bond donors (Lipinski definition) is 0. The molecule has 2 heterocycles. The fraction of sp³-hybridized carbons (Fsp3) is 0.161. The molecular formula is C31H24BrFN2O3S. The predicted molar refractivity (Wildman–Crippen MR) is 156 cm³/mol. The number of aryl methyl sites for hydroxylation is 1. The zero-order valence-corrected chi connectivity index (χ0v) is 23.5. The maximum absolute atomic E-state index is 13.9. The first-order chi connectivity index (χ1) is 19.0. The molecule has 5 nitrogen and oxygen atoms in total. The van der Waals surface area contributed by atoms with Gasteiger partial charge in [0.25, 0.3) is 5.56 Å². The molecule has 1 aliphatic carbocycles. The molecule has 0 spiro atoms. The molecule has 1 atom stereocenters. The number of halogens is 2. The van der Waals surface area contributed by atoms with E-state index in [0.29, 0.717) is 31.9 Å². The Morgan fingerprint density at radius 2 is 1.97 bits per heavy atom. The van der Waals surface area contributed by atoms with E-state index in [9.17, 15) is 9.18 Å². The van der Waals surface area contributed by atoms with Crippen molar-refractivity contribution < 1.29 is 13.9 Å². The first kappa shape index (κ1) is 25.5. The second-order valence-electron chi connectivity index (χ2n) is 9.30. The molecule has 0 fully saturated rings. The minimum absolute atomic E-state index is 0.138. The Labute approximate surface area is 237 Å². The van der Waals surface area contributed by atoms with Crippen LogP contribution in [0, 0.1) is 5.82 Å². The van der Waals surface area contributed by atoms with Crippen LogP contribution in [0.5, 0.6) is 11.5 Å². The topological polar surface area (TPSA) is 52.8 Å². The second-order valence-corrected chi connectivity index (χ2v) is 11.2. The Hall–Kier alpha value is -3.75. The summed E-state index contributed by atoms with van der Waals surface area (Å²) in [5.74, 6) is 0.801. The fourth-order valence-electron chi connectivity index (χ4n) is 5.22. The number of allylic oxidation sites excluding steroid dienone is 1. The molecule has 0 saturated carbocycles. The summed E-state index contributed by atoms with van der Waals surface area (Å²) in [5, 5.41) is 0. The highest BCUT2D eigenvalue weighted by molar-refractivity contribution is 9.10. The van der Waals surface area contributed by atoms with E-state index in [4.69, 9.17) is 14.5 Å². The summed E-state index contributed by atoms with van der Waals surface area (Å²) < 4.78 is 28.2. The normalized spacial score (nSPS) is 16.2. The first-order valence-electron chi connectivity index (χ1n) is 12.5. The SMILES string of the molecule is C=CCOc1c(Br)cc(/C=c2/sc3n(c2=O)[C@H](c2ccc(F)cc2)C2=C(N=3)c3ccccc3CC2)cc1OC. The molecule has 0 amide bonds. The van der Waals surface area contributed by atoms with Gasteiger partial charge in [0.2, 0.25) is 0 Å². The maximum Gasteiger partial charge on any atom is 0.271 e. The van der Waals surface area contributed by atoms with E-state index in [1.54, 1.807) is 29.9 Å². The largest absolute Gasteiger partial charge is 0.493 e. The van der Waals surface area contributed by atoms with E-state index < -0.39 is 0 Å². The van der Waals surface area contributed by atoms with Gasteiger partial charge in [0.15, 0.2) is 16.3 Å². The van der Waals surface area contributed by atoms with Gasteiger partial charge in [-0.15, -0.1) is 0 Å². The summed E-state index contributed by atoms with van der Waals surface area (Å²) in [6, 6.07) is 18.0. The van der Waals surface area contributed by atoms with Gasteiger partial charge in [-0.25, -0.2) is 9.38 Å². The number of fused-ring (bicyclic) bond motifs is 3. The number of aromatic nitrogens is 1. The molecule has 3 aromatic carbocycles. The lowest BCUT2D eigenvalue weighted by molar-refractivity contribution is 0.324. The van der Waals surface area contributed by atoms with Gasteiger partial charge in [0.05, 0.1) is 27.9 Å². The first-order valence-corrected chi connectivity index (χ1v) is 14.1. The molecule has 0 bridgehead atoms. The van der Waals surface area contributed by atoms with Gasteiger partial charge < -0.3 is 9.47 Å². The molecule has 0 radical (unpaired) electrons. The van der Waals surface area contributed by atoms with Gasteiger partial charge in [0, 0.05) is 5.56 Å². The molecule has 1 aromatic heterocycles. The Kier molecular flexibility index (Phi) is 6.83. The molecule has 1 aliphatic heterocycles. The zero-order valence-electron chi connectivity index (χ0n) is 21.1. The lowest BCUT2D eigenvalue weighted by Gasteiger charge is -2.30. The van der Waals surface area contributed by atoms with Gasteiger partial charge in [-0.05, 0) is 81.4 Å². The number of thiazole rings is 1. The number of nitrogens with zero attached hydrogens (tertiary/aromatic N) is 2. The Morgan fingerprint density at radius 3 is 2.74 bits per heavy atom. The number of benzene rings is 3. The molecule has 4 aromatic rings. The van der Waals surface area contributed by atoms with Gasteiger partial charge in [-0.3, -0.25) is 9.36 Å². The summed E-state index contributed by atoms with van der Waals surface area (Å²) in [7, 11) is 1.57. The Balaban J connectivity index is 1.55. The van der Waals surface area contributed by atoms with E-state index in [2.05, 4.69) is 34.6 Å². The molecule has 0 saturated heterocycles. The smallest absolute Gasteiger partial charge is 0.271 e. The second kappa shape index (κ2) is 10.4. The van der Waals surface area contributed by atoms with Crippen LogP contribution in [0.4, 0.5) is 4.39 Å². The maximum atomic E-state index is 13.9. The van der Waals surface area contributed by atoms with E-state index in [1.165, 1.54) is 29.0 Å². The average Bonchev–Trinajstić information content (AvgIpc) is 3.25. The number of methoxy groups -OCH3 is 1. The predicted octanol–water partition coefficient (Wildman–Crippen LogP) is 5.79. The van der Waals surface area contributed by atoms with Gasteiger partial charge in [0.1, 0.15) is 12.4 Å². The Bertz CT molecular complexity index is 1820. The quantitative estimate of drug-likeness (QED) is 0.262. The van der Waals surface area contributed by atoms with E-state index in [1.807, 2.05) is 30.3 Å². The minimum Gasteiger partial charge on any atom is -0.493 e. The molecule has 39 heavy (non-hydrogen) atoms. The lowest BCUT2D eigenvalue weighted by atomic mass is 9.83. The van der Waals surface area contributed by atoms with Crippen LogP contribution < -0.4 is 24.4 Å². The highest BCUT2D eigenvalue weighted by Gasteiger charge is 2.32. The highest BCUT2D eigenvalue weighted by atomic mass is 79.9. The van der Waals surface area contributed by atoms with Gasteiger partial charge in [-0.2, -0.15) is 0 Å². The third-order valence-corrected chi connectivity index (χ3v) is 8.53. The van der Waals surface area contributed by atoms with Crippen LogP contribution in [0.3, 0.4) is 0 Å². The number of rotatable bonds is 6. The molecular weight excluding hydrogens is 579 g/mol. The van der Waals surface area contributed by atoms with Crippen molar-refractivity contribution in [3.63, 3.8) is 0 Å². The van der Waals surface area contributed by atoms with Crippen molar-refractivity contribution in [2.75, 3.05) is 13.7 Å². The third-order valence-electron chi connectivity index (χ3n) is 6.95. The summed E-state index contributed by atoms with van der Waals surface area (Å²) in [6.07, 6.45) is 5.14. The third kappa shape index (κ3) is 4.57.